The van der Waals surface area contributed by atoms with Crippen molar-refractivity contribution in [3.8, 4) is 11.3 Å². The molecule has 4 nitrogen and oxygen atoms in total. The first-order chi connectivity index (χ1) is 11.2. The van der Waals surface area contributed by atoms with E-state index in [1.165, 1.54) is 6.42 Å². The Kier molecular flexibility index (Phi) is 3.37. The highest BCUT2D eigenvalue weighted by atomic mass is 16.2. The van der Waals surface area contributed by atoms with Crippen LogP contribution in [0.3, 0.4) is 0 Å². The van der Waals surface area contributed by atoms with Crippen LogP contribution >= 0.6 is 0 Å². The van der Waals surface area contributed by atoms with E-state index in [1.54, 1.807) is 0 Å². The lowest BCUT2D eigenvalue weighted by atomic mass is 9.93. The van der Waals surface area contributed by atoms with E-state index in [-0.39, 0.29) is 5.91 Å². The third kappa shape index (κ3) is 2.50. The molecule has 0 atom stereocenters. The van der Waals surface area contributed by atoms with Crippen LogP contribution in [0.2, 0.25) is 0 Å². The van der Waals surface area contributed by atoms with E-state index >= 15 is 0 Å². The Hall–Kier alpha value is -2.62. The van der Waals surface area contributed by atoms with Gasteiger partial charge in [-0.3, -0.25) is 9.20 Å². The molecule has 3 aromatic rings. The summed E-state index contributed by atoms with van der Waals surface area (Å²) in [6.07, 6.45) is 5.27. The molecule has 4 rings (SSSR count). The number of amides is 1. The van der Waals surface area contributed by atoms with Gasteiger partial charge in [-0.25, -0.2) is 4.98 Å². The normalized spacial score (nSPS) is 14.7. The molecular weight excluding hydrogens is 286 g/mol. The van der Waals surface area contributed by atoms with Gasteiger partial charge in [0.25, 0.3) is 5.91 Å². The van der Waals surface area contributed by atoms with Crippen LogP contribution in [0.1, 0.15) is 35.3 Å². The molecule has 23 heavy (non-hydrogen) atoms. The van der Waals surface area contributed by atoms with Crippen molar-refractivity contribution in [1.82, 2.24) is 14.7 Å². The van der Waals surface area contributed by atoms with Gasteiger partial charge in [-0.1, -0.05) is 30.3 Å². The van der Waals surface area contributed by atoms with Gasteiger partial charge in [0.05, 0.1) is 0 Å². The van der Waals surface area contributed by atoms with E-state index in [4.69, 9.17) is 4.98 Å². The van der Waals surface area contributed by atoms with Gasteiger partial charge in [0.2, 0.25) is 0 Å². The molecule has 1 amide bonds. The maximum atomic E-state index is 12.8. The second kappa shape index (κ2) is 5.54. The van der Waals surface area contributed by atoms with Crippen LogP contribution in [-0.4, -0.2) is 21.3 Å². The first kappa shape index (κ1) is 14.0. The highest BCUT2D eigenvalue weighted by Gasteiger charge is 2.25. The zero-order chi connectivity index (χ0) is 15.8. The zero-order valence-electron chi connectivity index (χ0n) is 13.1. The SMILES string of the molecule is Cc1ccn2c(C(=O)NC3CCC3)c(-c3ccccc3)nc2c1. The molecule has 1 aromatic carbocycles. The van der Waals surface area contributed by atoms with Gasteiger partial charge in [0.15, 0.2) is 0 Å². The molecule has 1 fully saturated rings. The molecule has 0 unspecified atom stereocenters. The predicted octanol–water partition coefficient (Wildman–Crippen LogP) is 3.59. The van der Waals surface area contributed by atoms with Gasteiger partial charge >= 0.3 is 0 Å². The molecular formula is C19H19N3O. The summed E-state index contributed by atoms with van der Waals surface area (Å²) in [5, 5.41) is 3.14. The molecule has 0 aliphatic heterocycles. The van der Waals surface area contributed by atoms with Crippen molar-refractivity contribution in [2.75, 3.05) is 0 Å². The summed E-state index contributed by atoms with van der Waals surface area (Å²) in [7, 11) is 0. The average Bonchev–Trinajstić information content (AvgIpc) is 2.90. The lowest BCUT2D eigenvalue weighted by Crippen LogP contribution is -2.40. The van der Waals surface area contributed by atoms with Crippen molar-refractivity contribution in [3.05, 3.63) is 59.9 Å². The number of fused-ring (bicyclic) bond motifs is 1. The summed E-state index contributed by atoms with van der Waals surface area (Å²) >= 11 is 0. The van der Waals surface area contributed by atoms with Gasteiger partial charge in [-0.05, 0) is 43.9 Å². The van der Waals surface area contributed by atoms with E-state index in [1.807, 2.05) is 60.0 Å². The quantitative estimate of drug-likeness (QED) is 0.804. The van der Waals surface area contributed by atoms with Crippen molar-refractivity contribution < 1.29 is 4.79 Å². The van der Waals surface area contributed by atoms with Crippen molar-refractivity contribution >= 4 is 11.6 Å². The number of nitrogens with zero attached hydrogens (tertiary/aromatic N) is 2. The summed E-state index contributed by atoms with van der Waals surface area (Å²) < 4.78 is 1.89. The Morgan fingerprint density at radius 3 is 2.70 bits per heavy atom. The minimum absolute atomic E-state index is 0.0371. The van der Waals surface area contributed by atoms with Gasteiger partial charge in [0.1, 0.15) is 17.0 Å². The van der Waals surface area contributed by atoms with Crippen LogP contribution < -0.4 is 5.32 Å². The van der Waals surface area contributed by atoms with Gasteiger partial charge in [-0.2, -0.15) is 0 Å². The first-order valence-electron chi connectivity index (χ1n) is 8.07. The summed E-state index contributed by atoms with van der Waals surface area (Å²) in [5.74, 6) is -0.0371. The lowest BCUT2D eigenvalue weighted by molar-refractivity contribution is 0.0911. The van der Waals surface area contributed by atoms with E-state index in [0.29, 0.717) is 11.7 Å². The van der Waals surface area contributed by atoms with Crippen molar-refractivity contribution in [2.45, 2.75) is 32.2 Å². The number of carbonyl (C=O) groups is 1. The van der Waals surface area contributed by atoms with Crippen LogP contribution in [0.5, 0.6) is 0 Å². The number of nitrogens with one attached hydrogen (secondary N) is 1. The van der Waals surface area contributed by atoms with E-state index < -0.39 is 0 Å². The Balaban J connectivity index is 1.86. The summed E-state index contributed by atoms with van der Waals surface area (Å²) in [6.45, 7) is 2.03. The standard InChI is InChI=1S/C19H19N3O/c1-13-10-11-22-16(12-13)21-17(14-6-3-2-4-7-14)18(22)19(23)20-15-8-5-9-15/h2-4,6-7,10-12,15H,5,8-9H2,1H3,(H,20,23). The topological polar surface area (TPSA) is 46.4 Å². The second-order valence-electron chi connectivity index (χ2n) is 6.21. The van der Waals surface area contributed by atoms with Crippen molar-refractivity contribution in [3.63, 3.8) is 0 Å². The minimum atomic E-state index is -0.0371. The molecule has 0 saturated heterocycles. The third-order valence-corrected chi connectivity index (χ3v) is 4.48. The Bertz CT molecular complexity index is 863. The number of hydrogen-bond donors (Lipinski definition) is 1. The summed E-state index contributed by atoms with van der Waals surface area (Å²) in [6, 6.07) is 14.2. The molecule has 1 saturated carbocycles. The van der Waals surface area contributed by atoms with E-state index in [0.717, 1.165) is 35.3 Å². The lowest BCUT2D eigenvalue weighted by Gasteiger charge is -2.26. The third-order valence-electron chi connectivity index (χ3n) is 4.48. The summed E-state index contributed by atoms with van der Waals surface area (Å²) in [5.41, 5.74) is 4.27. The Morgan fingerprint density at radius 2 is 2.00 bits per heavy atom. The fourth-order valence-corrected chi connectivity index (χ4v) is 2.97. The van der Waals surface area contributed by atoms with Gasteiger partial charge < -0.3 is 5.32 Å². The fraction of sp³-hybridized carbons (Fsp3) is 0.263. The van der Waals surface area contributed by atoms with Crippen molar-refractivity contribution in [2.24, 2.45) is 0 Å². The molecule has 2 aromatic heterocycles. The number of aryl methyl sites for hydroxylation is 1. The highest BCUT2D eigenvalue weighted by molar-refractivity contribution is 5.99. The number of imidazole rings is 1. The molecule has 0 spiro atoms. The second-order valence-corrected chi connectivity index (χ2v) is 6.21. The average molecular weight is 305 g/mol. The Labute approximate surface area is 135 Å². The maximum absolute atomic E-state index is 12.8. The van der Waals surface area contributed by atoms with Gasteiger partial charge in [0, 0.05) is 17.8 Å². The molecule has 1 N–H and O–H groups in total. The monoisotopic (exact) mass is 305 g/mol. The molecule has 2 heterocycles. The summed E-state index contributed by atoms with van der Waals surface area (Å²) in [4.78, 5) is 17.5. The van der Waals surface area contributed by atoms with Crippen LogP contribution in [0, 0.1) is 6.92 Å². The minimum Gasteiger partial charge on any atom is -0.348 e. The molecule has 1 aliphatic rings. The number of aromatic nitrogens is 2. The number of rotatable bonds is 3. The largest absolute Gasteiger partial charge is 0.348 e. The van der Waals surface area contributed by atoms with E-state index in [2.05, 4.69) is 5.32 Å². The number of pyridine rings is 1. The van der Waals surface area contributed by atoms with E-state index in [9.17, 15) is 4.79 Å². The van der Waals surface area contributed by atoms with Crippen LogP contribution in [-0.2, 0) is 0 Å². The smallest absolute Gasteiger partial charge is 0.270 e. The fourth-order valence-electron chi connectivity index (χ4n) is 2.97. The molecule has 4 heteroatoms. The molecule has 0 radical (unpaired) electrons. The maximum Gasteiger partial charge on any atom is 0.270 e. The first-order valence-corrected chi connectivity index (χ1v) is 8.07. The molecule has 0 bridgehead atoms. The molecule has 1 aliphatic carbocycles. The van der Waals surface area contributed by atoms with Crippen LogP contribution in [0.15, 0.2) is 48.7 Å². The van der Waals surface area contributed by atoms with Crippen LogP contribution in [0.25, 0.3) is 16.9 Å². The van der Waals surface area contributed by atoms with Gasteiger partial charge in [-0.15, -0.1) is 0 Å². The Morgan fingerprint density at radius 1 is 1.22 bits per heavy atom. The van der Waals surface area contributed by atoms with Crippen LogP contribution in [0.4, 0.5) is 0 Å². The predicted molar refractivity (Wildman–Crippen MR) is 90.5 cm³/mol. The number of carbonyl (C=O) groups excluding carboxylic acids is 1. The highest BCUT2D eigenvalue weighted by Crippen LogP contribution is 2.26. The molecule has 116 valence electrons. The van der Waals surface area contributed by atoms with Crippen molar-refractivity contribution in [1.29, 1.82) is 0 Å². The number of benzene rings is 1. The zero-order valence-corrected chi connectivity index (χ0v) is 13.1. The number of hydrogen-bond acceptors (Lipinski definition) is 2.